The van der Waals surface area contributed by atoms with E-state index < -0.39 is 0 Å². The lowest BCUT2D eigenvalue weighted by molar-refractivity contribution is -0.115. The van der Waals surface area contributed by atoms with Crippen LogP contribution in [0.2, 0.25) is 0 Å². The second-order valence-electron chi connectivity index (χ2n) is 7.33. The van der Waals surface area contributed by atoms with E-state index >= 15 is 0 Å². The van der Waals surface area contributed by atoms with Crippen LogP contribution in [0.5, 0.6) is 5.75 Å². The number of ether oxygens (including phenoxy) is 1. The Bertz CT molecular complexity index is 1180. The van der Waals surface area contributed by atoms with E-state index in [4.69, 9.17) is 4.74 Å². The predicted molar refractivity (Wildman–Crippen MR) is 127 cm³/mol. The molecule has 4 aromatic rings. The zero-order valence-electron chi connectivity index (χ0n) is 17.6. The average molecular weight is 432 g/mol. The SMILES string of the molecule is COc1ccccc1NC(=O)Cc1nc(CN[C@H](C)c2cccc3ccccc23)cs1. The van der Waals surface area contributed by atoms with Crippen molar-refractivity contribution < 1.29 is 9.53 Å². The predicted octanol–water partition coefficient (Wildman–Crippen LogP) is 5.34. The number of para-hydroxylation sites is 2. The summed E-state index contributed by atoms with van der Waals surface area (Å²) < 4.78 is 5.28. The fourth-order valence-corrected chi connectivity index (χ4v) is 4.38. The lowest BCUT2D eigenvalue weighted by atomic mass is 10.00. The number of benzene rings is 3. The molecular formula is C25H25N3O2S. The molecule has 0 fully saturated rings. The first-order valence-corrected chi connectivity index (χ1v) is 11.1. The van der Waals surface area contributed by atoms with Crippen LogP contribution in [0.25, 0.3) is 10.8 Å². The van der Waals surface area contributed by atoms with Gasteiger partial charge in [-0.1, -0.05) is 54.6 Å². The van der Waals surface area contributed by atoms with E-state index in [1.54, 1.807) is 7.11 Å². The third kappa shape index (κ3) is 5.10. The smallest absolute Gasteiger partial charge is 0.231 e. The number of anilines is 1. The summed E-state index contributed by atoms with van der Waals surface area (Å²) in [6.07, 6.45) is 0.238. The molecule has 0 aliphatic heterocycles. The fraction of sp³-hybridized carbons (Fsp3) is 0.200. The van der Waals surface area contributed by atoms with Gasteiger partial charge in [-0.2, -0.15) is 0 Å². The van der Waals surface area contributed by atoms with Crippen LogP contribution < -0.4 is 15.4 Å². The van der Waals surface area contributed by atoms with Gasteiger partial charge < -0.3 is 15.4 Å². The molecule has 0 bridgehead atoms. The van der Waals surface area contributed by atoms with E-state index in [-0.39, 0.29) is 18.4 Å². The maximum atomic E-state index is 12.4. The van der Waals surface area contributed by atoms with Gasteiger partial charge >= 0.3 is 0 Å². The molecule has 0 aliphatic carbocycles. The van der Waals surface area contributed by atoms with Gasteiger partial charge in [-0.15, -0.1) is 11.3 Å². The van der Waals surface area contributed by atoms with Gasteiger partial charge in [0.15, 0.2) is 0 Å². The van der Waals surface area contributed by atoms with Gasteiger partial charge in [-0.25, -0.2) is 4.98 Å². The number of aromatic nitrogens is 1. The molecule has 1 heterocycles. The average Bonchev–Trinajstić information content (AvgIpc) is 3.24. The molecule has 1 aromatic heterocycles. The summed E-state index contributed by atoms with van der Waals surface area (Å²) in [5, 5.41) is 11.8. The summed E-state index contributed by atoms with van der Waals surface area (Å²) >= 11 is 1.51. The van der Waals surface area contributed by atoms with E-state index in [1.165, 1.54) is 27.7 Å². The van der Waals surface area contributed by atoms with Crippen molar-refractivity contribution in [3.8, 4) is 5.75 Å². The van der Waals surface area contributed by atoms with Gasteiger partial charge in [0.05, 0.1) is 24.9 Å². The molecule has 0 unspecified atom stereocenters. The number of carbonyl (C=O) groups is 1. The van der Waals surface area contributed by atoms with E-state index in [9.17, 15) is 4.79 Å². The van der Waals surface area contributed by atoms with Crippen LogP contribution in [0, 0.1) is 0 Å². The van der Waals surface area contributed by atoms with Crippen molar-refractivity contribution in [2.75, 3.05) is 12.4 Å². The topological polar surface area (TPSA) is 63.2 Å². The van der Waals surface area contributed by atoms with Crippen molar-refractivity contribution >= 4 is 33.7 Å². The van der Waals surface area contributed by atoms with Crippen LogP contribution in [0.3, 0.4) is 0 Å². The van der Waals surface area contributed by atoms with Gasteiger partial charge in [0.2, 0.25) is 5.91 Å². The van der Waals surface area contributed by atoms with Crippen molar-refractivity contribution in [2.24, 2.45) is 0 Å². The van der Waals surface area contributed by atoms with Crippen LogP contribution in [-0.4, -0.2) is 18.0 Å². The second-order valence-corrected chi connectivity index (χ2v) is 8.27. The van der Waals surface area contributed by atoms with E-state index in [0.29, 0.717) is 18.0 Å². The Hall–Kier alpha value is -3.22. The number of nitrogens with one attached hydrogen (secondary N) is 2. The van der Waals surface area contributed by atoms with Crippen molar-refractivity contribution in [3.63, 3.8) is 0 Å². The molecule has 158 valence electrons. The van der Waals surface area contributed by atoms with Crippen molar-refractivity contribution in [1.29, 1.82) is 0 Å². The molecule has 0 spiro atoms. The van der Waals surface area contributed by atoms with Crippen LogP contribution in [-0.2, 0) is 17.8 Å². The number of rotatable bonds is 8. The third-order valence-corrected chi connectivity index (χ3v) is 6.07. The largest absolute Gasteiger partial charge is 0.495 e. The zero-order valence-corrected chi connectivity index (χ0v) is 18.4. The van der Waals surface area contributed by atoms with Crippen molar-refractivity contribution in [3.05, 3.63) is 88.4 Å². The molecule has 0 saturated heterocycles. The molecule has 5 nitrogen and oxygen atoms in total. The molecule has 6 heteroatoms. The Morgan fingerprint density at radius 3 is 2.71 bits per heavy atom. The van der Waals surface area contributed by atoms with E-state index in [0.717, 1.165) is 10.7 Å². The van der Waals surface area contributed by atoms with Crippen LogP contribution in [0.1, 0.15) is 29.2 Å². The highest BCUT2D eigenvalue weighted by atomic mass is 32.1. The Balaban J connectivity index is 1.35. The number of carbonyl (C=O) groups excluding carboxylic acids is 1. The minimum Gasteiger partial charge on any atom is -0.495 e. The number of thiazole rings is 1. The standard InChI is InChI=1S/C25H25N3O2S/c1-17(20-11-7-9-18-8-3-4-10-21(18)20)26-15-19-16-31-25(27-19)14-24(29)28-22-12-5-6-13-23(22)30-2/h3-13,16-17,26H,14-15H2,1-2H3,(H,28,29)/t17-/m1/s1. The highest BCUT2D eigenvalue weighted by Gasteiger charge is 2.12. The summed E-state index contributed by atoms with van der Waals surface area (Å²) in [5.74, 6) is 0.532. The highest BCUT2D eigenvalue weighted by molar-refractivity contribution is 7.09. The van der Waals surface area contributed by atoms with Gasteiger partial charge in [0.25, 0.3) is 0 Å². The van der Waals surface area contributed by atoms with E-state index in [1.807, 2.05) is 29.6 Å². The number of amides is 1. The molecule has 0 aliphatic rings. The molecule has 31 heavy (non-hydrogen) atoms. The van der Waals surface area contributed by atoms with Gasteiger partial charge in [0, 0.05) is 18.0 Å². The van der Waals surface area contributed by atoms with Crippen LogP contribution >= 0.6 is 11.3 Å². The molecule has 0 saturated carbocycles. The summed E-state index contributed by atoms with van der Waals surface area (Å²) in [5.41, 5.74) is 2.87. The van der Waals surface area contributed by atoms with Crippen LogP contribution in [0.4, 0.5) is 5.69 Å². The number of fused-ring (bicyclic) bond motifs is 1. The lowest BCUT2D eigenvalue weighted by Crippen LogP contribution is -2.19. The van der Waals surface area contributed by atoms with Gasteiger partial charge in [-0.3, -0.25) is 4.79 Å². The normalized spacial score (nSPS) is 11.9. The summed E-state index contributed by atoms with van der Waals surface area (Å²) in [7, 11) is 1.59. The van der Waals surface area contributed by atoms with Crippen molar-refractivity contribution in [1.82, 2.24) is 10.3 Å². The lowest BCUT2D eigenvalue weighted by Gasteiger charge is -2.16. The third-order valence-electron chi connectivity index (χ3n) is 5.17. The maximum Gasteiger partial charge on any atom is 0.231 e. The molecule has 0 radical (unpaired) electrons. The Morgan fingerprint density at radius 1 is 1.06 bits per heavy atom. The first-order valence-electron chi connectivity index (χ1n) is 10.2. The van der Waals surface area contributed by atoms with E-state index in [2.05, 4.69) is 65.0 Å². The van der Waals surface area contributed by atoms with Gasteiger partial charge in [-0.05, 0) is 35.4 Å². The number of hydrogen-bond acceptors (Lipinski definition) is 5. The Morgan fingerprint density at radius 2 is 1.84 bits per heavy atom. The summed E-state index contributed by atoms with van der Waals surface area (Å²) in [6.45, 7) is 2.81. The molecule has 4 rings (SSSR count). The zero-order chi connectivity index (χ0) is 21.6. The first-order chi connectivity index (χ1) is 15.1. The number of nitrogens with zero attached hydrogens (tertiary/aromatic N) is 1. The number of hydrogen-bond donors (Lipinski definition) is 2. The minimum atomic E-state index is -0.109. The Kier molecular flexibility index (Phi) is 6.60. The Labute approximate surface area is 186 Å². The fourth-order valence-electron chi connectivity index (χ4n) is 3.59. The second kappa shape index (κ2) is 9.73. The van der Waals surface area contributed by atoms with Crippen LogP contribution in [0.15, 0.2) is 72.1 Å². The first kappa shape index (κ1) is 21.0. The molecule has 1 amide bonds. The molecule has 3 aromatic carbocycles. The molecular weight excluding hydrogens is 406 g/mol. The maximum absolute atomic E-state index is 12.4. The highest BCUT2D eigenvalue weighted by Crippen LogP contribution is 2.25. The van der Waals surface area contributed by atoms with Gasteiger partial charge in [0.1, 0.15) is 10.8 Å². The molecule has 2 N–H and O–H groups in total. The quantitative estimate of drug-likeness (QED) is 0.395. The van der Waals surface area contributed by atoms with Crippen molar-refractivity contribution in [2.45, 2.75) is 25.9 Å². The minimum absolute atomic E-state index is 0.109. The number of methoxy groups -OCH3 is 1. The molecule has 1 atom stereocenters. The summed E-state index contributed by atoms with van der Waals surface area (Å²) in [6, 6.07) is 22.4. The monoisotopic (exact) mass is 431 g/mol. The summed E-state index contributed by atoms with van der Waals surface area (Å²) in [4.78, 5) is 17.0.